The van der Waals surface area contributed by atoms with E-state index in [1.54, 1.807) is 7.11 Å². The van der Waals surface area contributed by atoms with Crippen molar-refractivity contribution in [2.75, 3.05) is 13.7 Å². The summed E-state index contributed by atoms with van der Waals surface area (Å²) in [5.41, 5.74) is 11.4. The van der Waals surface area contributed by atoms with Gasteiger partial charge in [-0.2, -0.15) is 0 Å². The van der Waals surface area contributed by atoms with Crippen molar-refractivity contribution < 1.29 is 4.43 Å². The summed E-state index contributed by atoms with van der Waals surface area (Å²) in [4.78, 5) is 0. The molecular weight excluding hydrogens is 144 g/mol. The quantitative estimate of drug-likeness (QED) is 0.517. The minimum atomic E-state index is -0.619. The van der Waals surface area contributed by atoms with E-state index in [-0.39, 0.29) is 5.16 Å². The molecular formula is C6H18N2OSi. The van der Waals surface area contributed by atoms with E-state index in [2.05, 4.69) is 6.92 Å². The Morgan fingerprint density at radius 2 is 2.20 bits per heavy atom. The van der Waals surface area contributed by atoms with Gasteiger partial charge in [0, 0.05) is 18.8 Å². The van der Waals surface area contributed by atoms with E-state index in [1.165, 1.54) is 0 Å². The van der Waals surface area contributed by atoms with E-state index in [4.69, 9.17) is 15.9 Å². The highest BCUT2D eigenvalue weighted by molar-refractivity contribution is 6.32. The summed E-state index contributed by atoms with van der Waals surface area (Å²) in [5, 5.41) is -0.163. The van der Waals surface area contributed by atoms with Crippen LogP contribution in [0.15, 0.2) is 0 Å². The minimum absolute atomic E-state index is 0.163. The van der Waals surface area contributed by atoms with Crippen LogP contribution in [0.1, 0.15) is 19.8 Å². The highest BCUT2D eigenvalue weighted by Crippen LogP contribution is 2.05. The molecule has 62 valence electrons. The fraction of sp³-hybridized carbons (Fsp3) is 1.00. The highest BCUT2D eigenvalue weighted by Gasteiger charge is 2.22. The van der Waals surface area contributed by atoms with Crippen LogP contribution in [0, 0.1) is 0 Å². The van der Waals surface area contributed by atoms with E-state index in [9.17, 15) is 0 Å². The lowest BCUT2D eigenvalue weighted by molar-refractivity contribution is 0.391. The van der Waals surface area contributed by atoms with Gasteiger partial charge in [-0.25, -0.2) is 0 Å². The van der Waals surface area contributed by atoms with Crippen LogP contribution in [0.25, 0.3) is 0 Å². The van der Waals surface area contributed by atoms with Gasteiger partial charge < -0.3 is 15.9 Å². The first-order chi connectivity index (χ1) is 4.68. The summed E-state index contributed by atoms with van der Waals surface area (Å²) in [6.45, 7) is 2.67. The molecule has 0 aliphatic rings. The van der Waals surface area contributed by atoms with Crippen molar-refractivity contribution >= 4 is 9.76 Å². The average molecular weight is 162 g/mol. The molecule has 0 aliphatic carbocycles. The Hall–Kier alpha value is 0.0969. The Balaban J connectivity index is 3.69. The molecule has 0 bridgehead atoms. The Morgan fingerprint density at radius 3 is 2.50 bits per heavy atom. The molecule has 0 fully saturated rings. The SMILES string of the molecule is CCCC(N)(CN)[SiH2]OC. The predicted molar refractivity (Wildman–Crippen MR) is 46.4 cm³/mol. The Kier molecular flexibility index (Phi) is 4.89. The van der Waals surface area contributed by atoms with Crippen molar-refractivity contribution in [2.24, 2.45) is 11.5 Å². The molecule has 4 heteroatoms. The van der Waals surface area contributed by atoms with Gasteiger partial charge in [-0.1, -0.05) is 13.3 Å². The first-order valence-electron chi connectivity index (χ1n) is 3.66. The Labute approximate surface area is 65.1 Å². The standard InChI is InChI=1S/C6H18N2OSi/c1-3-4-6(8,5-7)10-9-2/h3-5,7-8,10H2,1-2H3. The maximum absolute atomic E-state index is 5.93. The lowest BCUT2D eigenvalue weighted by Gasteiger charge is -2.25. The topological polar surface area (TPSA) is 61.3 Å². The molecule has 0 saturated heterocycles. The van der Waals surface area contributed by atoms with Crippen LogP contribution in [0.3, 0.4) is 0 Å². The average Bonchev–Trinajstić information content (AvgIpc) is 1.89. The van der Waals surface area contributed by atoms with Crippen LogP contribution in [0.4, 0.5) is 0 Å². The van der Waals surface area contributed by atoms with Gasteiger partial charge in [-0.15, -0.1) is 0 Å². The molecule has 0 rings (SSSR count). The summed E-state index contributed by atoms with van der Waals surface area (Å²) in [6.07, 6.45) is 2.08. The molecule has 0 heterocycles. The second kappa shape index (κ2) is 4.84. The summed E-state index contributed by atoms with van der Waals surface area (Å²) in [5.74, 6) is 0. The number of rotatable bonds is 5. The molecule has 0 aromatic rings. The number of hydrogen-bond acceptors (Lipinski definition) is 3. The zero-order valence-corrected chi connectivity index (χ0v) is 8.31. The van der Waals surface area contributed by atoms with Crippen molar-refractivity contribution in [3.8, 4) is 0 Å². The fourth-order valence-electron chi connectivity index (χ4n) is 1.02. The van der Waals surface area contributed by atoms with Crippen LogP contribution >= 0.6 is 0 Å². The molecule has 0 radical (unpaired) electrons. The highest BCUT2D eigenvalue weighted by atomic mass is 28.2. The van der Waals surface area contributed by atoms with E-state index in [0.717, 1.165) is 12.8 Å². The third-order valence-electron chi connectivity index (χ3n) is 1.59. The largest absolute Gasteiger partial charge is 0.425 e. The zero-order valence-electron chi connectivity index (χ0n) is 6.89. The Bertz CT molecular complexity index is 83.8. The van der Waals surface area contributed by atoms with Gasteiger partial charge >= 0.3 is 0 Å². The number of nitrogens with two attached hydrogens (primary N) is 2. The number of hydrogen-bond donors (Lipinski definition) is 2. The van der Waals surface area contributed by atoms with E-state index < -0.39 is 9.76 Å². The lowest BCUT2D eigenvalue weighted by Crippen LogP contribution is -2.52. The molecule has 0 aromatic carbocycles. The molecule has 3 nitrogen and oxygen atoms in total. The van der Waals surface area contributed by atoms with Gasteiger partial charge in [0.1, 0.15) is 0 Å². The third-order valence-corrected chi connectivity index (χ3v) is 3.09. The molecule has 0 amide bonds. The summed E-state index contributed by atoms with van der Waals surface area (Å²) in [7, 11) is 1.09. The first-order valence-corrected chi connectivity index (χ1v) is 4.95. The molecule has 10 heavy (non-hydrogen) atoms. The summed E-state index contributed by atoms with van der Waals surface area (Å²) < 4.78 is 5.08. The van der Waals surface area contributed by atoms with Gasteiger partial charge in [-0.05, 0) is 6.42 Å². The summed E-state index contributed by atoms with van der Waals surface area (Å²) in [6, 6.07) is 0. The second-order valence-electron chi connectivity index (χ2n) is 2.75. The van der Waals surface area contributed by atoms with E-state index >= 15 is 0 Å². The van der Waals surface area contributed by atoms with E-state index in [1.807, 2.05) is 0 Å². The first kappa shape index (κ1) is 10.1. The van der Waals surface area contributed by atoms with Gasteiger partial charge in [0.15, 0.2) is 9.76 Å². The van der Waals surface area contributed by atoms with Gasteiger partial charge in [-0.3, -0.25) is 0 Å². The Morgan fingerprint density at radius 1 is 1.60 bits per heavy atom. The predicted octanol–water partition coefficient (Wildman–Crippen LogP) is -0.870. The molecule has 0 aromatic heterocycles. The molecule has 1 atom stereocenters. The van der Waals surface area contributed by atoms with Crippen LogP contribution in [0.5, 0.6) is 0 Å². The lowest BCUT2D eigenvalue weighted by atomic mass is 10.2. The monoisotopic (exact) mass is 162 g/mol. The van der Waals surface area contributed by atoms with Crippen LogP contribution < -0.4 is 11.5 Å². The van der Waals surface area contributed by atoms with Crippen LogP contribution in [-0.2, 0) is 4.43 Å². The second-order valence-corrected chi connectivity index (χ2v) is 5.02. The molecule has 1 unspecified atom stereocenters. The maximum atomic E-state index is 5.93. The van der Waals surface area contributed by atoms with Gasteiger partial charge in [0.05, 0.1) is 0 Å². The van der Waals surface area contributed by atoms with Crippen molar-refractivity contribution in [3.05, 3.63) is 0 Å². The summed E-state index contributed by atoms with van der Waals surface area (Å²) >= 11 is 0. The molecule has 0 saturated carbocycles. The maximum Gasteiger partial charge on any atom is 0.181 e. The van der Waals surface area contributed by atoms with Gasteiger partial charge in [0.25, 0.3) is 0 Å². The van der Waals surface area contributed by atoms with Crippen molar-refractivity contribution in [1.29, 1.82) is 0 Å². The van der Waals surface area contributed by atoms with Crippen LogP contribution in [-0.4, -0.2) is 28.6 Å². The van der Waals surface area contributed by atoms with Crippen molar-refractivity contribution in [2.45, 2.75) is 24.9 Å². The molecule has 4 N–H and O–H groups in total. The van der Waals surface area contributed by atoms with E-state index in [0.29, 0.717) is 6.54 Å². The van der Waals surface area contributed by atoms with Crippen molar-refractivity contribution in [1.82, 2.24) is 0 Å². The minimum Gasteiger partial charge on any atom is -0.425 e. The molecule has 0 aliphatic heterocycles. The van der Waals surface area contributed by atoms with Crippen molar-refractivity contribution in [3.63, 3.8) is 0 Å². The normalized spacial score (nSPS) is 18.0. The third kappa shape index (κ3) is 3.31. The molecule has 0 spiro atoms. The fourth-order valence-corrected chi connectivity index (χ4v) is 2.21. The van der Waals surface area contributed by atoms with Gasteiger partial charge in [0.2, 0.25) is 0 Å². The van der Waals surface area contributed by atoms with Crippen LogP contribution in [0.2, 0.25) is 0 Å². The smallest absolute Gasteiger partial charge is 0.181 e. The zero-order chi connectivity index (χ0) is 8.04.